The Labute approximate surface area is 188 Å². The molecule has 1 aliphatic rings. The van der Waals surface area contributed by atoms with Gasteiger partial charge in [0.15, 0.2) is 0 Å². The Balaban J connectivity index is 1.96. The third-order valence-electron chi connectivity index (χ3n) is 5.67. The molecule has 1 saturated heterocycles. The van der Waals surface area contributed by atoms with Crippen LogP contribution in [-0.4, -0.2) is 70.3 Å². The van der Waals surface area contributed by atoms with Gasteiger partial charge in [-0.25, -0.2) is 0 Å². The Kier molecular flexibility index (Phi) is 9.64. The number of aliphatic hydroxyl groups excluding tert-OH is 1. The van der Waals surface area contributed by atoms with E-state index in [-0.39, 0.29) is 18.2 Å². The van der Waals surface area contributed by atoms with Crippen molar-refractivity contribution in [2.24, 2.45) is 5.73 Å². The largest absolute Gasteiger partial charge is 0.391 e. The quantitative estimate of drug-likeness (QED) is 0.317. The van der Waals surface area contributed by atoms with Crippen molar-refractivity contribution in [3.05, 3.63) is 35.4 Å². The van der Waals surface area contributed by atoms with Gasteiger partial charge in [-0.3, -0.25) is 19.2 Å². The van der Waals surface area contributed by atoms with Crippen LogP contribution in [0.1, 0.15) is 50.2 Å². The van der Waals surface area contributed by atoms with Gasteiger partial charge in [0, 0.05) is 26.1 Å². The standard InChI is InChI=1S/C23H34N4O5/c1-16-7-5-8-18(13-16)14-26(23(32)19-9-6-12-27(19)15-28)11-4-3-10-20(30)25-21(17(2)29)22(24)31/h5,7-8,13,15,17,19,21,29H,3-4,6,9-12,14H2,1-2H3,(H2,24,31)(H,25,30)/t17-,19?,21?/m1/s1. The molecule has 4 N–H and O–H groups in total. The minimum atomic E-state index is -1.13. The highest BCUT2D eigenvalue weighted by atomic mass is 16.3. The first-order chi connectivity index (χ1) is 15.2. The van der Waals surface area contributed by atoms with E-state index >= 15 is 0 Å². The number of primary amides is 1. The molecule has 1 heterocycles. The summed E-state index contributed by atoms with van der Waals surface area (Å²) in [7, 11) is 0. The fourth-order valence-corrected chi connectivity index (χ4v) is 3.95. The topological polar surface area (TPSA) is 133 Å². The predicted octanol–water partition coefficient (Wildman–Crippen LogP) is 0.466. The molecule has 0 spiro atoms. The third kappa shape index (κ3) is 7.33. The summed E-state index contributed by atoms with van der Waals surface area (Å²) < 4.78 is 0. The first-order valence-corrected chi connectivity index (χ1v) is 11.0. The van der Waals surface area contributed by atoms with Gasteiger partial charge in [0.05, 0.1) is 6.10 Å². The van der Waals surface area contributed by atoms with E-state index in [1.165, 1.54) is 6.92 Å². The average Bonchev–Trinajstić information content (AvgIpc) is 3.22. The molecule has 1 aliphatic heterocycles. The van der Waals surface area contributed by atoms with Crippen LogP contribution in [0.15, 0.2) is 24.3 Å². The van der Waals surface area contributed by atoms with E-state index in [9.17, 15) is 24.3 Å². The number of nitrogens with two attached hydrogens (primary N) is 1. The van der Waals surface area contributed by atoms with Gasteiger partial charge in [-0.05, 0) is 45.1 Å². The van der Waals surface area contributed by atoms with Gasteiger partial charge >= 0.3 is 0 Å². The summed E-state index contributed by atoms with van der Waals surface area (Å²) in [5.74, 6) is -1.25. The number of carbonyl (C=O) groups is 4. The number of aryl methyl sites for hydroxylation is 1. The maximum Gasteiger partial charge on any atom is 0.245 e. The maximum atomic E-state index is 13.2. The number of benzene rings is 1. The van der Waals surface area contributed by atoms with Crippen molar-refractivity contribution in [1.29, 1.82) is 0 Å². The number of hydrogen-bond donors (Lipinski definition) is 3. The molecule has 2 rings (SSSR count). The van der Waals surface area contributed by atoms with Crippen molar-refractivity contribution in [2.45, 2.75) is 70.7 Å². The molecule has 0 aromatic heterocycles. The lowest BCUT2D eigenvalue weighted by Gasteiger charge is -2.29. The molecule has 176 valence electrons. The number of hydrogen-bond acceptors (Lipinski definition) is 5. The Bertz CT molecular complexity index is 813. The molecule has 0 bridgehead atoms. The summed E-state index contributed by atoms with van der Waals surface area (Å²) in [5, 5.41) is 12.0. The van der Waals surface area contributed by atoms with Gasteiger partial charge in [0.2, 0.25) is 24.1 Å². The van der Waals surface area contributed by atoms with E-state index in [4.69, 9.17) is 5.73 Å². The maximum absolute atomic E-state index is 13.2. The molecule has 2 unspecified atom stereocenters. The van der Waals surface area contributed by atoms with Gasteiger partial charge in [-0.2, -0.15) is 0 Å². The molecule has 32 heavy (non-hydrogen) atoms. The normalized spacial score (nSPS) is 17.5. The Morgan fingerprint density at radius 1 is 1.34 bits per heavy atom. The number of nitrogens with zero attached hydrogens (tertiary/aromatic N) is 2. The first-order valence-electron chi connectivity index (χ1n) is 11.0. The lowest BCUT2D eigenvalue weighted by Crippen LogP contribution is -2.50. The number of rotatable bonds is 12. The molecule has 0 radical (unpaired) electrons. The summed E-state index contributed by atoms with van der Waals surface area (Å²) in [6, 6.07) is 6.36. The Hall–Kier alpha value is -2.94. The Morgan fingerprint density at radius 2 is 2.09 bits per heavy atom. The Morgan fingerprint density at radius 3 is 2.72 bits per heavy atom. The van der Waals surface area contributed by atoms with Crippen molar-refractivity contribution < 1.29 is 24.3 Å². The lowest BCUT2D eigenvalue weighted by atomic mass is 10.1. The van der Waals surface area contributed by atoms with Crippen LogP contribution < -0.4 is 11.1 Å². The molecule has 1 fully saturated rings. The van der Waals surface area contributed by atoms with E-state index in [1.54, 1.807) is 9.80 Å². The molecular weight excluding hydrogens is 412 g/mol. The zero-order valence-corrected chi connectivity index (χ0v) is 18.8. The molecule has 3 atom stereocenters. The van der Waals surface area contributed by atoms with Crippen LogP contribution in [0, 0.1) is 6.92 Å². The fraction of sp³-hybridized carbons (Fsp3) is 0.565. The van der Waals surface area contributed by atoms with Gasteiger partial charge in [0.25, 0.3) is 0 Å². The number of nitrogens with one attached hydrogen (secondary N) is 1. The molecule has 1 aromatic rings. The minimum absolute atomic E-state index is 0.0801. The van der Waals surface area contributed by atoms with E-state index in [1.807, 2.05) is 31.2 Å². The van der Waals surface area contributed by atoms with E-state index < -0.39 is 24.1 Å². The third-order valence-corrected chi connectivity index (χ3v) is 5.67. The zero-order valence-electron chi connectivity index (χ0n) is 18.8. The molecule has 9 heteroatoms. The van der Waals surface area contributed by atoms with Crippen LogP contribution in [0.3, 0.4) is 0 Å². The molecular formula is C23H34N4O5. The van der Waals surface area contributed by atoms with Crippen LogP contribution in [0.25, 0.3) is 0 Å². The number of carbonyl (C=O) groups excluding carboxylic acids is 4. The van der Waals surface area contributed by atoms with Crippen molar-refractivity contribution in [2.75, 3.05) is 13.1 Å². The number of unbranched alkanes of at least 4 members (excludes halogenated alkanes) is 1. The predicted molar refractivity (Wildman–Crippen MR) is 119 cm³/mol. The smallest absolute Gasteiger partial charge is 0.245 e. The van der Waals surface area contributed by atoms with Gasteiger partial charge in [-0.15, -0.1) is 0 Å². The van der Waals surface area contributed by atoms with Crippen molar-refractivity contribution in [3.8, 4) is 0 Å². The second-order valence-electron chi connectivity index (χ2n) is 8.40. The zero-order chi connectivity index (χ0) is 23.7. The summed E-state index contributed by atoms with van der Waals surface area (Å²) in [5.41, 5.74) is 7.30. The van der Waals surface area contributed by atoms with Gasteiger partial charge < -0.3 is 26.0 Å². The van der Waals surface area contributed by atoms with Crippen LogP contribution in [0.2, 0.25) is 0 Å². The van der Waals surface area contributed by atoms with Crippen molar-refractivity contribution in [1.82, 2.24) is 15.1 Å². The number of likely N-dealkylation sites (tertiary alicyclic amines) is 1. The highest BCUT2D eigenvalue weighted by molar-refractivity contribution is 5.87. The summed E-state index contributed by atoms with van der Waals surface area (Å²) in [6.07, 6.45) is 2.34. The number of amides is 4. The van der Waals surface area contributed by atoms with Crippen LogP contribution in [0.4, 0.5) is 0 Å². The SMILES string of the molecule is Cc1cccc(CN(CCCCC(=O)NC(C(N)=O)[C@@H](C)O)C(=O)C2CCCN2C=O)c1. The highest BCUT2D eigenvalue weighted by Crippen LogP contribution is 2.20. The first kappa shape index (κ1) is 25.3. The van der Waals surface area contributed by atoms with E-state index in [0.29, 0.717) is 38.9 Å². The molecule has 9 nitrogen and oxygen atoms in total. The highest BCUT2D eigenvalue weighted by Gasteiger charge is 2.32. The molecule has 0 aliphatic carbocycles. The van der Waals surface area contributed by atoms with Crippen LogP contribution >= 0.6 is 0 Å². The average molecular weight is 447 g/mol. The van der Waals surface area contributed by atoms with Gasteiger partial charge in [-0.1, -0.05) is 29.8 Å². The molecule has 0 saturated carbocycles. The molecule has 4 amide bonds. The fourth-order valence-electron chi connectivity index (χ4n) is 3.95. The second-order valence-corrected chi connectivity index (χ2v) is 8.40. The van der Waals surface area contributed by atoms with Crippen molar-refractivity contribution in [3.63, 3.8) is 0 Å². The summed E-state index contributed by atoms with van der Waals surface area (Å²) in [6.45, 7) is 4.84. The second kappa shape index (κ2) is 12.2. The van der Waals surface area contributed by atoms with Crippen molar-refractivity contribution >= 4 is 24.1 Å². The van der Waals surface area contributed by atoms with E-state index in [0.717, 1.165) is 24.0 Å². The monoisotopic (exact) mass is 446 g/mol. The van der Waals surface area contributed by atoms with Crippen LogP contribution in [-0.2, 0) is 25.7 Å². The van der Waals surface area contributed by atoms with Crippen LogP contribution in [0.5, 0.6) is 0 Å². The van der Waals surface area contributed by atoms with Gasteiger partial charge in [0.1, 0.15) is 12.1 Å². The summed E-state index contributed by atoms with van der Waals surface area (Å²) in [4.78, 5) is 51.3. The minimum Gasteiger partial charge on any atom is -0.391 e. The summed E-state index contributed by atoms with van der Waals surface area (Å²) >= 11 is 0. The number of aliphatic hydroxyl groups is 1. The molecule has 1 aromatic carbocycles. The van der Waals surface area contributed by atoms with E-state index in [2.05, 4.69) is 5.32 Å². The lowest BCUT2D eigenvalue weighted by molar-refractivity contribution is -0.140.